The van der Waals surface area contributed by atoms with Crippen LogP contribution in [0.25, 0.3) is 10.9 Å². The van der Waals surface area contributed by atoms with Gasteiger partial charge in [0.25, 0.3) is 0 Å². The first kappa shape index (κ1) is 17.0. The maximum atomic E-state index is 12.8. The number of nitrogens with two attached hydrogens (primary N) is 1. The van der Waals surface area contributed by atoms with Gasteiger partial charge in [0.1, 0.15) is 6.07 Å². The molecule has 134 valence electrons. The molecule has 4 rings (SSSR count). The first-order chi connectivity index (χ1) is 12.6. The van der Waals surface area contributed by atoms with Gasteiger partial charge in [-0.25, -0.2) is 0 Å². The summed E-state index contributed by atoms with van der Waals surface area (Å²) in [7, 11) is 0. The Morgan fingerprint density at radius 1 is 1.31 bits per heavy atom. The monoisotopic (exact) mass is 348 g/mol. The molecule has 1 aliphatic heterocycles. The molecule has 1 aliphatic carbocycles. The highest BCUT2D eigenvalue weighted by atomic mass is 16.2. The molecule has 0 radical (unpaired) electrons. The first-order valence-electron chi connectivity index (χ1n) is 9.41. The van der Waals surface area contributed by atoms with Crippen molar-refractivity contribution in [3.63, 3.8) is 0 Å². The summed E-state index contributed by atoms with van der Waals surface area (Å²) in [5.41, 5.74) is 8.46. The summed E-state index contributed by atoms with van der Waals surface area (Å²) in [4.78, 5) is 19.5. The molecule has 0 spiro atoms. The molecule has 1 saturated carbocycles. The Kier molecular flexibility index (Phi) is 4.37. The molecule has 2 fully saturated rings. The van der Waals surface area contributed by atoms with Crippen LogP contribution in [0, 0.1) is 23.2 Å². The molecule has 0 bridgehead atoms. The average Bonchev–Trinajstić information content (AvgIpc) is 3.50. The van der Waals surface area contributed by atoms with Crippen LogP contribution < -0.4 is 5.73 Å². The number of pyridine rings is 1. The minimum absolute atomic E-state index is 0.0857. The Morgan fingerprint density at radius 2 is 2.12 bits per heavy atom. The van der Waals surface area contributed by atoms with Gasteiger partial charge in [-0.15, -0.1) is 0 Å². The van der Waals surface area contributed by atoms with Crippen LogP contribution >= 0.6 is 0 Å². The van der Waals surface area contributed by atoms with Crippen molar-refractivity contribution < 1.29 is 4.79 Å². The minimum atomic E-state index is -0.351. The van der Waals surface area contributed by atoms with E-state index >= 15 is 0 Å². The highest BCUT2D eigenvalue weighted by Crippen LogP contribution is 2.35. The third kappa shape index (κ3) is 3.17. The fraction of sp³-hybridized carbons (Fsp3) is 0.476. The molecule has 1 amide bonds. The number of para-hydroxylation sites is 1. The Balaban J connectivity index is 1.61. The molecule has 3 atom stereocenters. The lowest BCUT2D eigenvalue weighted by Gasteiger charge is -2.37. The van der Waals surface area contributed by atoms with Crippen LogP contribution in [0.3, 0.4) is 0 Å². The topological polar surface area (TPSA) is 83.0 Å². The molecular formula is C21H24N4O. The molecule has 5 nitrogen and oxygen atoms in total. The molecule has 1 saturated heterocycles. The summed E-state index contributed by atoms with van der Waals surface area (Å²) in [5, 5.41) is 10.3. The van der Waals surface area contributed by atoms with E-state index < -0.39 is 0 Å². The number of nitriles is 1. The van der Waals surface area contributed by atoms with Crippen molar-refractivity contribution in [2.24, 2.45) is 17.6 Å². The van der Waals surface area contributed by atoms with Crippen LogP contribution in [0.5, 0.6) is 0 Å². The van der Waals surface area contributed by atoms with Crippen LogP contribution in [0.4, 0.5) is 0 Å². The van der Waals surface area contributed by atoms with Crippen LogP contribution in [0.2, 0.25) is 0 Å². The third-order valence-corrected chi connectivity index (χ3v) is 5.67. The number of carbonyl (C=O) groups is 1. The standard InChI is InChI=1S/C21H24N4O/c1-13-9-17(12-25(11-13)21(26)19(23)14-5-6-14)18-8-7-15-3-2-4-16(10-22)20(15)24-18/h2-4,7-8,13-14,17,19H,5-6,9,11-12,23H2,1H3/t13?,17?,19-/m0/s1. The number of likely N-dealkylation sites (tertiary alicyclic amines) is 1. The van der Waals surface area contributed by atoms with Crippen molar-refractivity contribution >= 4 is 16.8 Å². The van der Waals surface area contributed by atoms with Crippen molar-refractivity contribution in [3.8, 4) is 6.07 Å². The van der Waals surface area contributed by atoms with E-state index in [1.165, 1.54) is 0 Å². The number of hydrogen-bond donors (Lipinski definition) is 1. The lowest BCUT2D eigenvalue weighted by Crippen LogP contribution is -2.50. The predicted octanol–water partition coefficient (Wildman–Crippen LogP) is 2.80. The van der Waals surface area contributed by atoms with E-state index in [9.17, 15) is 10.1 Å². The van der Waals surface area contributed by atoms with Gasteiger partial charge in [0, 0.05) is 30.1 Å². The highest BCUT2D eigenvalue weighted by Gasteiger charge is 2.38. The highest BCUT2D eigenvalue weighted by molar-refractivity contribution is 5.84. The van der Waals surface area contributed by atoms with Crippen LogP contribution in [-0.2, 0) is 4.79 Å². The smallest absolute Gasteiger partial charge is 0.239 e. The Hall–Kier alpha value is -2.45. The molecule has 2 unspecified atom stereocenters. The number of nitrogens with zero attached hydrogens (tertiary/aromatic N) is 3. The van der Waals surface area contributed by atoms with Crippen molar-refractivity contribution in [3.05, 3.63) is 41.6 Å². The first-order valence-corrected chi connectivity index (χ1v) is 9.41. The van der Waals surface area contributed by atoms with E-state index in [1.54, 1.807) is 6.07 Å². The molecule has 26 heavy (non-hydrogen) atoms. The molecule has 2 aromatic rings. The average molecular weight is 348 g/mol. The SMILES string of the molecule is CC1CC(c2ccc3cccc(C#N)c3n2)CN(C(=O)[C@@H](N)C2CC2)C1. The van der Waals surface area contributed by atoms with E-state index in [0.717, 1.165) is 42.4 Å². The fourth-order valence-electron chi connectivity index (χ4n) is 4.09. The second-order valence-electron chi connectivity index (χ2n) is 7.87. The van der Waals surface area contributed by atoms with E-state index in [-0.39, 0.29) is 17.9 Å². The maximum Gasteiger partial charge on any atom is 0.239 e. The third-order valence-electron chi connectivity index (χ3n) is 5.67. The van der Waals surface area contributed by atoms with Gasteiger partial charge in [-0.2, -0.15) is 5.26 Å². The van der Waals surface area contributed by atoms with Crippen molar-refractivity contribution in [2.45, 2.75) is 38.1 Å². The zero-order chi connectivity index (χ0) is 18.3. The van der Waals surface area contributed by atoms with Crippen molar-refractivity contribution in [2.75, 3.05) is 13.1 Å². The summed E-state index contributed by atoms with van der Waals surface area (Å²) >= 11 is 0. The van der Waals surface area contributed by atoms with E-state index in [2.05, 4.69) is 13.0 Å². The van der Waals surface area contributed by atoms with Gasteiger partial charge in [-0.05, 0) is 43.2 Å². The number of amides is 1. The van der Waals surface area contributed by atoms with Crippen LogP contribution in [0.15, 0.2) is 30.3 Å². The number of rotatable bonds is 3. The zero-order valence-electron chi connectivity index (χ0n) is 15.1. The molecule has 2 aliphatic rings. The zero-order valence-corrected chi connectivity index (χ0v) is 15.1. The quantitative estimate of drug-likeness (QED) is 0.924. The molecule has 2 heterocycles. The molecule has 5 heteroatoms. The number of fused-ring (bicyclic) bond motifs is 1. The predicted molar refractivity (Wildman–Crippen MR) is 100 cm³/mol. The van der Waals surface area contributed by atoms with Gasteiger partial charge >= 0.3 is 0 Å². The molecule has 1 aromatic heterocycles. The summed E-state index contributed by atoms with van der Waals surface area (Å²) in [5.74, 6) is 1.05. The lowest BCUT2D eigenvalue weighted by molar-refractivity contribution is -0.135. The van der Waals surface area contributed by atoms with Crippen LogP contribution in [-0.4, -0.2) is 34.9 Å². The van der Waals surface area contributed by atoms with E-state index in [4.69, 9.17) is 10.7 Å². The lowest BCUT2D eigenvalue weighted by atomic mass is 9.87. The number of benzene rings is 1. The number of hydrogen-bond acceptors (Lipinski definition) is 4. The fourth-order valence-corrected chi connectivity index (χ4v) is 4.09. The van der Waals surface area contributed by atoms with E-state index in [0.29, 0.717) is 23.9 Å². The molecule has 1 aromatic carbocycles. The summed E-state index contributed by atoms with van der Waals surface area (Å²) in [6.45, 7) is 3.61. The second kappa shape index (κ2) is 6.69. The summed E-state index contributed by atoms with van der Waals surface area (Å²) < 4.78 is 0. The number of piperidine rings is 1. The van der Waals surface area contributed by atoms with Gasteiger partial charge < -0.3 is 10.6 Å². The second-order valence-corrected chi connectivity index (χ2v) is 7.87. The Morgan fingerprint density at radius 3 is 2.85 bits per heavy atom. The van der Waals surface area contributed by atoms with Crippen molar-refractivity contribution in [1.82, 2.24) is 9.88 Å². The minimum Gasteiger partial charge on any atom is -0.340 e. The normalized spacial score (nSPS) is 24.3. The van der Waals surface area contributed by atoms with Gasteiger partial charge in [0.2, 0.25) is 5.91 Å². The van der Waals surface area contributed by atoms with Gasteiger partial charge in [0.05, 0.1) is 17.1 Å². The molecule has 2 N–H and O–H groups in total. The molecular weight excluding hydrogens is 324 g/mol. The summed E-state index contributed by atoms with van der Waals surface area (Å²) in [6.07, 6.45) is 3.14. The Bertz CT molecular complexity index is 883. The Labute approximate surface area is 153 Å². The van der Waals surface area contributed by atoms with Gasteiger partial charge in [-0.3, -0.25) is 9.78 Å². The number of aromatic nitrogens is 1. The van der Waals surface area contributed by atoms with Gasteiger partial charge in [-0.1, -0.05) is 25.1 Å². The van der Waals surface area contributed by atoms with Gasteiger partial charge in [0.15, 0.2) is 0 Å². The van der Waals surface area contributed by atoms with Crippen molar-refractivity contribution in [1.29, 1.82) is 5.26 Å². The number of carbonyl (C=O) groups excluding carboxylic acids is 1. The largest absolute Gasteiger partial charge is 0.340 e. The van der Waals surface area contributed by atoms with Crippen LogP contribution in [0.1, 0.15) is 43.4 Å². The van der Waals surface area contributed by atoms with E-state index in [1.807, 2.05) is 29.2 Å². The maximum absolute atomic E-state index is 12.8. The summed E-state index contributed by atoms with van der Waals surface area (Å²) in [6, 6.07) is 11.6.